The molecule has 0 unspecified atom stereocenters. The smallest absolute Gasteiger partial charge is 0.169 e. The minimum atomic E-state index is 0.652. The second-order valence-corrected chi connectivity index (χ2v) is 5.19. The lowest BCUT2D eigenvalue weighted by atomic mass is 10.1. The Balaban J connectivity index is 1.74. The minimum Gasteiger partial charge on any atom is -0.358 e. The molecule has 2 saturated heterocycles. The molecule has 0 saturated carbocycles. The van der Waals surface area contributed by atoms with Gasteiger partial charge in [0, 0.05) is 30.6 Å². The monoisotopic (exact) mass is 216 g/mol. The second kappa shape index (κ2) is 4.51. The Morgan fingerprint density at radius 1 is 1.23 bits per heavy atom. The summed E-state index contributed by atoms with van der Waals surface area (Å²) in [7, 11) is 0. The van der Waals surface area contributed by atoms with Gasteiger partial charge in [-0.3, -0.25) is 0 Å². The van der Waals surface area contributed by atoms with Crippen molar-refractivity contribution in [2.75, 3.05) is 24.6 Å². The van der Waals surface area contributed by atoms with Gasteiger partial charge < -0.3 is 10.2 Å². The zero-order chi connectivity index (χ0) is 9.10. The molecule has 13 heavy (non-hydrogen) atoms. The first-order chi connectivity index (χ1) is 6.36. The van der Waals surface area contributed by atoms with Gasteiger partial charge in [-0.25, -0.2) is 0 Å². The molecule has 0 aromatic carbocycles. The number of hydrogen-bond acceptors (Lipinski definition) is 2. The molecule has 0 aromatic rings. The zero-order valence-corrected chi connectivity index (χ0v) is 9.42. The average Bonchev–Trinajstić information content (AvgIpc) is 2.12. The SMILES string of the molecule is S=C(NC1CSC1)N1CCCCC1. The van der Waals surface area contributed by atoms with Crippen molar-refractivity contribution in [2.45, 2.75) is 25.3 Å². The molecule has 0 amide bonds. The van der Waals surface area contributed by atoms with E-state index in [1.807, 2.05) is 11.8 Å². The Morgan fingerprint density at radius 2 is 1.92 bits per heavy atom. The van der Waals surface area contributed by atoms with Crippen LogP contribution in [0.2, 0.25) is 0 Å². The van der Waals surface area contributed by atoms with Gasteiger partial charge in [0.05, 0.1) is 0 Å². The van der Waals surface area contributed by atoms with E-state index in [0.717, 1.165) is 18.2 Å². The fourth-order valence-corrected chi connectivity index (χ4v) is 2.67. The summed E-state index contributed by atoms with van der Waals surface area (Å²) in [6.45, 7) is 2.32. The molecule has 74 valence electrons. The van der Waals surface area contributed by atoms with Crippen molar-refractivity contribution < 1.29 is 0 Å². The maximum atomic E-state index is 5.36. The molecule has 0 aliphatic carbocycles. The average molecular weight is 216 g/mol. The number of nitrogens with one attached hydrogen (secondary N) is 1. The molecule has 2 nitrogen and oxygen atoms in total. The van der Waals surface area contributed by atoms with Gasteiger partial charge in [0.1, 0.15) is 0 Å². The predicted molar refractivity (Wildman–Crippen MR) is 62.3 cm³/mol. The maximum Gasteiger partial charge on any atom is 0.169 e. The van der Waals surface area contributed by atoms with Crippen molar-refractivity contribution in [3.63, 3.8) is 0 Å². The fraction of sp³-hybridized carbons (Fsp3) is 0.889. The molecule has 0 radical (unpaired) electrons. The van der Waals surface area contributed by atoms with Crippen LogP contribution in [0.5, 0.6) is 0 Å². The quantitative estimate of drug-likeness (QED) is 0.667. The Labute approximate surface area is 89.4 Å². The number of likely N-dealkylation sites (tertiary alicyclic amines) is 1. The third kappa shape index (κ3) is 2.50. The third-order valence-electron chi connectivity index (χ3n) is 2.61. The van der Waals surface area contributed by atoms with Gasteiger partial charge in [-0.15, -0.1) is 0 Å². The third-order valence-corrected chi connectivity index (χ3v) is 4.26. The Bertz CT molecular complexity index is 186. The Hall–Kier alpha value is 0.0400. The summed E-state index contributed by atoms with van der Waals surface area (Å²) < 4.78 is 0. The summed E-state index contributed by atoms with van der Waals surface area (Å²) in [5, 5.41) is 4.41. The highest BCUT2D eigenvalue weighted by molar-refractivity contribution is 8.00. The highest BCUT2D eigenvalue weighted by Gasteiger charge is 2.21. The molecular weight excluding hydrogens is 200 g/mol. The van der Waals surface area contributed by atoms with Crippen LogP contribution >= 0.6 is 24.0 Å². The van der Waals surface area contributed by atoms with E-state index in [1.54, 1.807) is 0 Å². The van der Waals surface area contributed by atoms with Crippen LogP contribution < -0.4 is 5.32 Å². The molecule has 2 heterocycles. The summed E-state index contributed by atoms with van der Waals surface area (Å²) in [6, 6.07) is 0.652. The number of hydrogen-bond donors (Lipinski definition) is 1. The molecule has 2 rings (SSSR count). The van der Waals surface area contributed by atoms with Crippen LogP contribution in [0.25, 0.3) is 0 Å². The van der Waals surface area contributed by atoms with Gasteiger partial charge in [0.2, 0.25) is 0 Å². The lowest BCUT2D eigenvalue weighted by Gasteiger charge is -2.34. The predicted octanol–water partition coefficient (Wildman–Crippen LogP) is 1.46. The van der Waals surface area contributed by atoms with Crippen LogP contribution in [0.1, 0.15) is 19.3 Å². The van der Waals surface area contributed by atoms with Crippen molar-refractivity contribution >= 4 is 29.1 Å². The molecule has 2 aliphatic heterocycles. The number of piperidine rings is 1. The van der Waals surface area contributed by atoms with Crippen LogP contribution in [-0.4, -0.2) is 40.6 Å². The lowest BCUT2D eigenvalue weighted by molar-refractivity contribution is 0.335. The molecule has 0 aromatic heterocycles. The van der Waals surface area contributed by atoms with Crippen molar-refractivity contribution in [3.8, 4) is 0 Å². The molecule has 0 atom stereocenters. The summed E-state index contributed by atoms with van der Waals surface area (Å²) in [5.41, 5.74) is 0. The molecule has 2 aliphatic rings. The van der Waals surface area contributed by atoms with Crippen LogP contribution in [0.15, 0.2) is 0 Å². The molecule has 0 bridgehead atoms. The first-order valence-electron chi connectivity index (χ1n) is 4.99. The first-order valence-corrected chi connectivity index (χ1v) is 6.56. The lowest BCUT2D eigenvalue weighted by Crippen LogP contribution is -2.50. The van der Waals surface area contributed by atoms with Crippen molar-refractivity contribution in [1.29, 1.82) is 0 Å². The summed E-state index contributed by atoms with van der Waals surface area (Å²) in [6.07, 6.45) is 3.99. The molecule has 4 heteroatoms. The Morgan fingerprint density at radius 3 is 2.46 bits per heavy atom. The number of rotatable bonds is 1. The summed E-state index contributed by atoms with van der Waals surface area (Å²) >= 11 is 7.35. The Kier molecular flexibility index (Phi) is 3.33. The molecule has 1 N–H and O–H groups in total. The van der Waals surface area contributed by atoms with E-state index < -0.39 is 0 Å². The van der Waals surface area contributed by atoms with Gasteiger partial charge in [-0.1, -0.05) is 0 Å². The maximum absolute atomic E-state index is 5.36. The van der Waals surface area contributed by atoms with E-state index in [1.165, 1.54) is 30.8 Å². The topological polar surface area (TPSA) is 15.3 Å². The largest absolute Gasteiger partial charge is 0.358 e. The fourth-order valence-electron chi connectivity index (χ4n) is 1.68. The van der Waals surface area contributed by atoms with E-state index in [4.69, 9.17) is 12.2 Å². The zero-order valence-electron chi connectivity index (χ0n) is 7.79. The standard InChI is InChI=1S/C9H16N2S2/c12-9(10-8-6-13-7-8)11-4-2-1-3-5-11/h8H,1-7H2,(H,10,12). The summed E-state index contributed by atoms with van der Waals surface area (Å²) in [4.78, 5) is 2.32. The van der Waals surface area contributed by atoms with Crippen LogP contribution in [0.4, 0.5) is 0 Å². The second-order valence-electron chi connectivity index (χ2n) is 3.73. The number of nitrogens with zero attached hydrogens (tertiary/aromatic N) is 1. The highest BCUT2D eigenvalue weighted by Crippen LogP contribution is 2.18. The van der Waals surface area contributed by atoms with Gasteiger partial charge in [0.25, 0.3) is 0 Å². The van der Waals surface area contributed by atoms with E-state index >= 15 is 0 Å². The number of thiocarbonyl (C=S) groups is 1. The van der Waals surface area contributed by atoms with Gasteiger partial charge in [-0.2, -0.15) is 11.8 Å². The first kappa shape index (κ1) is 9.59. The van der Waals surface area contributed by atoms with Crippen LogP contribution in [0.3, 0.4) is 0 Å². The van der Waals surface area contributed by atoms with Crippen LogP contribution in [-0.2, 0) is 0 Å². The van der Waals surface area contributed by atoms with E-state index in [9.17, 15) is 0 Å². The van der Waals surface area contributed by atoms with Crippen molar-refractivity contribution in [2.24, 2.45) is 0 Å². The van der Waals surface area contributed by atoms with Gasteiger partial charge >= 0.3 is 0 Å². The minimum absolute atomic E-state index is 0.652. The van der Waals surface area contributed by atoms with Crippen molar-refractivity contribution in [3.05, 3.63) is 0 Å². The van der Waals surface area contributed by atoms with Gasteiger partial charge in [0.15, 0.2) is 5.11 Å². The number of thioether (sulfide) groups is 1. The molecular formula is C9H16N2S2. The van der Waals surface area contributed by atoms with Crippen LogP contribution in [0, 0.1) is 0 Å². The molecule has 2 fully saturated rings. The van der Waals surface area contributed by atoms with Gasteiger partial charge in [-0.05, 0) is 31.5 Å². The van der Waals surface area contributed by atoms with E-state index in [2.05, 4.69) is 10.2 Å². The van der Waals surface area contributed by atoms with Crippen molar-refractivity contribution in [1.82, 2.24) is 10.2 Å². The van der Waals surface area contributed by atoms with E-state index in [0.29, 0.717) is 6.04 Å². The summed E-state index contributed by atoms with van der Waals surface area (Å²) in [5.74, 6) is 2.46. The highest BCUT2D eigenvalue weighted by atomic mass is 32.2. The van der Waals surface area contributed by atoms with E-state index in [-0.39, 0.29) is 0 Å². The molecule has 0 spiro atoms. The normalized spacial score (nSPS) is 23.8.